The molecule has 0 aromatic rings. The Bertz CT molecular complexity index is 210. The van der Waals surface area contributed by atoms with E-state index in [1.165, 1.54) is 25.7 Å². The summed E-state index contributed by atoms with van der Waals surface area (Å²) in [5.74, 6) is 0. The van der Waals surface area contributed by atoms with Crippen LogP contribution in [0.2, 0.25) is 0 Å². The highest BCUT2D eigenvalue weighted by molar-refractivity contribution is 4.84. The Kier molecular flexibility index (Phi) is 3.65. The smallest absolute Gasteiger partial charge is 0.0706 e. The molecule has 0 aromatic heterocycles. The molecule has 88 valence electrons. The van der Waals surface area contributed by atoms with Crippen molar-refractivity contribution in [2.45, 2.75) is 63.8 Å². The lowest BCUT2D eigenvalue weighted by molar-refractivity contribution is 0.0138. The van der Waals surface area contributed by atoms with Gasteiger partial charge in [0.05, 0.1) is 12.2 Å². The molecule has 0 bridgehead atoms. The third kappa shape index (κ3) is 2.92. The lowest BCUT2D eigenvalue weighted by atomic mass is 9.99. The lowest BCUT2D eigenvalue weighted by Crippen LogP contribution is -2.49. The molecule has 2 rings (SSSR count). The molecule has 4 atom stereocenters. The molecule has 0 spiro atoms. The average molecular weight is 212 g/mol. The molecule has 2 saturated heterocycles. The molecule has 2 aliphatic heterocycles. The highest BCUT2D eigenvalue weighted by Gasteiger charge is 2.29. The van der Waals surface area contributed by atoms with E-state index in [0.717, 1.165) is 13.1 Å². The molecule has 2 heterocycles. The van der Waals surface area contributed by atoms with E-state index >= 15 is 0 Å². The van der Waals surface area contributed by atoms with Gasteiger partial charge in [-0.2, -0.15) is 0 Å². The normalized spacial score (nSPS) is 43.4. The van der Waals surface area contributed by atoms with Crippen molar-refractivity contribution in [3.05, 3.63) is 0 Å². The number of nitrogens with two attached hydrogens (primary N) is 1. The van der Waals surface area contributed by atoms with E-state index in [2.05, 4.69) is 18.7 Å². The first-order valence-electron chi connectivity index (χ1n) is 6.30. The maximum atomic E-state index is 6.01. The molecule has 0 aromatic carbocycles. The standard InChI is InChI=1S/C12H24N2O/c1-9-3-5-11(13)7-14(9)8-12-6-4-10(2)15-12/h9-12H,3-8,13H2,1-2H3. The van der Waals surface area contributed by atoms with Crippen LogP contribution in [0.4, 0.5) is 0 Å². The predicted octanol–water partition coefficient (Wildman–Crippen LogP) is 1.37. The molecule has 2 aliphatic rings. The number of hydrogen-bond acceptors (Lipinski definition) is 3. The van der Waals surface area contributed by atoms with Gasteiger partial charge in [-0.25, -0.2) is 0 Å². The van der Waals surface area contributed by atoms with Crippen molar-refractivity contribution in [1.29, 1.82) is 0 Å². The first kappa shape index (κ1) is 11.4. The van der Waals surface area contributed by atoms with Gasteiger partial charge in [0.1, 0.15) is 0 Å². The van der Waals surface area contributed by atoms with Gasteiger partial charge in [-0.05, 0) is 39.5 Å². The van der Waals surface area contributed by atoms with Gasteiger partial charge < -0.3 is 10.5 Å². The maximum absolute atomic E-state index is 6.01. The Morgan fingerprint density at radius 3 is 2.67 bits per heavy atom. The fourth-order valence-corrected chi connectivity index (χ4v) is 2.75. The predicted molar refractivity (Wildman–Crippen MR) is 61.8 cm³/mol. The van der Waals surface area contributed by atoms with Crippen molar-refractivity contribution in [2.24, 2.45) is 5.73 Å². The maximum Gasteiger partial charge on any atom is 0.0706 e. The topological polar surface area (TPSA) is 38.5 Å². The minimum Gasteiger partial charge on any atom is -0.374 e. The second-order valence-electron chi connectivity index (χ2n) is 5.29. The number of hydrogen-bond donors (Lipinski definition) is 1. The molecule has 3 nitrogen and oxygen atoms in total. The Morgan fingerprint density at radius 1 is 1.20 bits per heavy atom. The molecular formula is C12H24N2O. The van der Waals surface area contributed by atoms with E-state index in [1.807, 2.05) is 0 Å². The number of nitrogens with zero attached hydrogens (tertiary/aromatic N) is 1. The minimum atomic E-state index is 0.375. The molecule has 3 heteroatoms. The van der Waals surface area contributed by atoms with Gasteiger partial charge >= 0.3 is 0 Å². The summed E-state index contributed by atoms with van der Waals surface area (Å²) in [6.45, 7) is 6.62. The molecular weight excluding hydrogens is 188 g/mol. The van der Waals surface area contributed by atoms with E-state index < -0.39 is 0 Å². The van der Waals surface area contributed by atoms with E-state index in [4.69, 9.17) is 10.5 Å². The van der Waals surface area contributed by atoms with Gasteiger partial charge in [-0.3, -0.25) is 4.90 Å². The first-order chi connectivity index (χ1) is 7.15. The van der Waals surface area contributed by atoms with Crippen LogP contribution in [-0.2, 0) is 4.74 Å². The zero-order valence-corrected chi connectivity index (χ0v) is 9.98. The average Bonchev–Trinajstić information content (AvgIpc) is 2.58. The van der Waals surface area contributed by atoms with Crippen LogP contribution in [0.3, 0.4) is 0 Å². The third-order valence-electron chi connectivity index (χ3n) is 3.81. The van der Waals surface area contributed by atoms with Gasteiger partial charge in [-0.1, -0.05) is 0 Å². The second kappa shape index (κ2) is 4.81. The quantitative estimate of drug-likeness (QED) is 0.751. The summed E-state index contributed by atoms with van der Waals surface area (Å²) in [5, 5.41) is 0. The van der Waals surface area contributed by atoms with Crippen LogP contribution in [0.25, 0.3) is 0 Å². The fourth-order valence-electron chi connectivity index (χ4n) is 2.75. The molecule has 0 aliphatic carbocycles. The van der Waals surface area contributed by atoms with Crippen LogP contribution in [0.15, 0.2) is 0 Å². The van der Waals surface area contributed by atoms with Crippen LogP contribution in [0.1, 0.15) is 39.5 Å². The first-order valence-corrected chi connectivity index (χ1v) is 6.30. The van der Waals surface area contributed by atoms with Crippen LogP contribution in [-0.4, -0.2) is 42.3 Å². The van der Waals surface area contributed by atoms with Crippen molar-refractivity contribution in [3.63, 3.8) is 0 Å². The highest BCUT2D eigenvalue weighted by atomic mass is 16.5. The third-order valence-corrected chi connectivity index (χ3v) is 3.81. The van der Waals surface area contributed by atoms with Gasteiger partial charge in [0.2, 0.25) is 0 Å². The zero-order chi connectivity index (χ0) is 10.8. The minimum absolute atomic E-state index is 0.375. The SMILES string of the molecule is CC1CCC(CN2CC(N)CCC2C)O1. The van der Waals surface area contributed by atoms with Crippen LogP contribution in [0, 0.1) is 0 Å². The molecule has 2 fully saturated rings. The van der Waals surface area contributed by atoms with Crippen molar-refractivity contribution < 1.29 is 4.74 Å². The molecule has 0 radical (unpaired) electrons. The van der Waals surface area contributed by atoms with Gasteiger partial charge in [0.15, 0.2) is 0 Å². The largest absolute Gasteiger partial charge is 0.374 e. The van der Waals surface area contributed by atoms with E-state index in [1.54, 1.807) is 0 Å². The molecule has 0 amide bonds. The summed E-state index contributed by atoms with van der Waals surface area (Å²) < 4.78 is 5.87. The van der Waals surface area contributed by atoms with Gasteiger partial charge in [0, 0.05) is 25.2 Å². The summed E-state index contributed by atoms with van der Waals surface area (Å²) in [6, 6.07) is 1.06. The summed E-state index contributed by atoms with van der Waals surface area (Å²) in [4.78, 5) is 2.51. The molecule has 4 unspecified atom stereocenters. The van der Waals surface area contributed by atoms with E-state index in [9.17, 15) is 0 Å². The van der Waals surface area contributed by atoms with Crippen LogP contribution >= 0.6 is 0 Å². The summed E-state index contributed by atoms with van der Waals surface area (Å²) in [6.07, 6.45) is 5.78. The summed E-state index contributed by atoms with van der Waals surface area (Å²) in [7, 11) is 0. The highest BCUT2D eigenvalue weighted by Crippen LogP contribution is 2.23. The Balaban J connectivity index is 1.82. The molecule has 2 N–H and O–H groups in total. The van der Waals surface area contributed by atoms with Crippen LogP contribution in [0.5, 0.6) is 0 Å². The van der Waals surface area contributed by atoms with Crippen molar-refractivity contribution in [1.82, 2.24) is 4.90 Å². The molecule has 0 saturated carbocycles. The Morgan fingerprint density at radius 2 is 2.00 bits per heavy atom. The van der Waals surface area contributed by atoms with Crippen LogP contribution < -0.4 is 5.73 Å². The monoisotopic (exact) mass is 212 g/mol. The van der Waals surface area contributed by atoms with Crippen molar-refractivity contribution in [3.8, 4) is 0 Å². The number of ether oxygens (including phenoxy) is 1. The fraction of sp³-hybridized carbons (Fsp3) is 1.00. The summed E-state index contributed by atoms with van der Waals surface area (Å²) >= 11 is 0. The number of likely N-dealkylation sites (tertiary alicyclic amines) is 1. The van der Waals surface area contributed by atoms with Crippen molar-refractivity contribution >= 4 is 0 Å². The number of rotatable bonds is 2. The molecule has 15 heavy (non-hydrogen) atoms. The number of piperidine rings is 1. The van der Waals surface area contributed by atoms with Gasteiger partial charge in [-0.15, -0.1) is 0 Å². The van der Waals surface area contributed by atoms with E-state index in [-0.39, 0.29) is 0 Å². The second-order valence-corrected chi connectivity index (χ2v) is 5.29. The van der Waals surface area contributed by atoms with Crippen molar-refractivity contribution in [2.75, 3.05) is 13.1 Å². The Hall–Kier alpha value is -0.120. The lowest BCUT2D eigenvalue weighted by Gasteiger charge is -2.37. The Labute approximate surface area is 93.0 Å². The zero-order valence-electron chi connectivity index (χ0n) is 9.98. The van der Waals surface area contributed by atoms with E-state index in [0.29, 0.717) is 24.3 Å². The summed E-state index contributed by atoms with van der Waals surface area (Å²) in [5.41, 5.74) is 6.01. The van der Waals surface area contributed by atoms with Gasteiger partial charge in [0.25, 0.3) is 0 Å².